The number of carboxylic acids is 1. The molecule has 0 radical (unpaired) electrons. The second-order valence-corrected chi connectivity index (χ2v) is 8.44. The molecule has 1 atom stereocenters. The molecule has 0 unspecified atom stereocenters. The van der Waals surface area contributed by atoms with Gasteiger partial charge in [0.1, 0.15) is 6.61 Å². The maximum absolute atomic E-state index is 12.8. The zero-order valence-electron chi connectivity index (χ0n) is 16.2. The molecule has 0 saturated carbocycles. The van der Waals surface area contributed by atoms with E-state index >= 15 is 0 Å². The quantitative estimate of drug-likeness (QED) is 0.549. The first kappa shape index (κ1) is 21.9. The van der Waals surface area contributed by atoms with Crippen molar-refractivity contribution in [3.63, 3.8) is 0 Å². The number of ether oxygens (including phenoxy) is 2. The number of methoxy groups -OCH3 is 1. The van der Waals surface area contributed by atoms with E-state index in [4.69, 9.17) is 20.0 Å². The van der Waals surface area contributed by atoms with Crippen LogP contribution in [0.1, 0.15) is 12.5 Å². The lowest BCUT2D eigenvalue weighted by atomic mass is 10.1. The standard InChI is InChI=1S/C21H19BrN2O5S/c1-12(20(26)27)11-29-16-8-3-13(9-17(16)28-2)10-18-19(25)24(21(23)30-18)15-6-4-14(22)5-7-15/h3-10,12,23H,11H2,1-2H3,(H,26,27)/b18-10-,23-21?/t12-/m0/s1. The highest BCUT2D eigenvalue weighted by molar-refractivity contribution is 9.10. The van der Waals surface area contributed by atoms with Crippen molar-refractivity contribution in [1.82, 2.24) is 0 Å². The molecule has 1 saturated heterocycles. The number of nitrogens with zero attached hydrogens (tertiary/aromatic N) is 1. The van der Waals surface area contributed by atoms with Crippen molar-refractivity contribution in [2.24, 2.45) is 5.92 Å². The van der Waals surface area contributed by atoms with Gasteiger partial charge in [0.05, 0.1) is 23.6 Å². The van der Waals surface area contributed by atoms with E-state index in [9.17, 15) is 9.59 Å². The molecule has 9 heteroatoms. The Morgan fingerprint density at radius 1 is 1.27 bits per heavy atom. The molecule has 3 rings (SSSR count). The minimum absolute atomic E-state index is 0.0137. The Hall–Kier alpha value is -2.78. The zero-order valence-corrected chi connectivity index (χ0v) is 18.6. The Balaban J connectivity index is 1.81. The third kappa shape index (κ3) is 4.85. The van der Waals surface area contributed by atoms with Gasteiger partial charge in [-0.1, -0.05) is 22.0 Å². The van der Waals surface area contributed by atoms with Crippen molar-refractivity contribution in [1.29, 1.82) is 5.41 Å². The van der Waals surface area contributed by atoms with Gasteiger partial charge < -0.3 is 14.6 Å². The number of rotatable bonds is 7. The predicted octanol–water partition coefficient (Wildman–Crippen LogP) is 4.61. The van der Waals surface area contributed by atoms with Gasteiger partial charge in [0.15, 0.2) is 16.7 Å². The van der Waals surface area contributed by atoms with Crippen LogP contribution < -0.4 is 14.4 Å². The number of amidine groups is 1. The molecule has 1 fully saturated rings. The Morgan fingerprint density at radius 3 is 2.60 bits per heavy atom. The summed E-state index contributed by atoms with van der Waals surface area (Å²) < 4.78 is 11.8. The highest BCUT2D eigenvalue weighted by atomic mass is 79.9. The maximum atomic E-state index is 12.8. The summed E-state index contributed by atoms with van der Waals surface area (Å²) in [7, 11) is 1.49. The molecule has 156 valence electrons. The van der Waals surface area contributed by atoms with Crippen LogP contribution in [0.4, 0.5) is 5.69 Å². The van der Waals surface area contributed by atoms with Crippen LogP contribution in [0, 0.1) is 11.3 Å². The summed E-state index contributed by atoms with van der Waals surface area (Å²) in [6.45, 7) is 1.57. The highest BCUT2D eigenvalue weighted by Gasteiger charge is 2.33. The molecule has 0 aliphatic carbocycles. The van der Waals surface area contributed by atoms with E-state index in [1.54, 1.807) is 43.3 Å². The number of halogens is 1. The van der Waals surface area contributed by atoms with Crippen LogP contribution >= 0.6 is 27.7 Å². The monoisotopic (exact) mass is 490 g/mol. The van der Waals surface area contributed by atoms with E-state index in [-0.39, 0.29) is 17.7 Å². The lowest BCUT2D eigenvalue weighted by molar-refractivity contribution is -0.142. The topological polar surface area (TPSA) is 99.9 Å². The fourth-order valence-electron chi connectivity index (χ4n) is 2.64. The molecule has 1 amide bonds. The van der Waals surface area contributed by atoms with Crippen molar-refractivity contribution in [3.05, 3.63) is 57.4 Å². The molecule has 2 N–H and O–H groups in total. The molecular weight excluding hydrogens is 472 g/mol. The molecule has 0 spiro atoms. The van der Waals surface area contributed by atoms with Crippen molar-refractivity contribution in [2.75, 3.05) is 18.6 Å². The van der Waals surface area contributed by atoms with Crippen LogP contribution in [0.5, 0.6) is 11.5 Å². The summed E-state index contributed by atoms with van der Waals surface area (Å²) in [5, 5.41) is 17.3. The van der Waals surface area contributed by atoms with Gasteiger partial charge in [-0.15, -0.1) is 0 Å². The third-order valence-corrected chi connectivity index (χ3v) is 5.72. The number of anilines is 1. The van der Waals surface area contributed by atoms with Crippen LogP contribution in [0.25, 0.3) is 6.08 Å². The van der Waals surface area contributed by atoms with Crippen molar-refractivity contribution < 1.29 is 24.2 Å². The second kappa shape index (κ2) is 9.36. The van der Waals surface area contributed by atoms with Crippen molar-refractivity contribution in [3.8, 4) is 11.5 Å². The summed E-state index contributed by atoms with van der Waals surface area (Å²) in [6.07, 6.45) is 1.69. The summed E-state index contributed by atoms with van der Waals surface area (Å²) in [4.78, 5) is 25.6. The van der Waals surface area contributed by atoms with Gasteiger partial charge in [0, 0.05) is 4.47 Å². The minimum Gasteiger partial charge on any atom is -0.493 e. The fourth-order valence-corrected chi connectivity index (χ4v) is 3.77. The number of benzene rings is 2. The van der Waals surface area contributed by atoms with Crippen LogP contribution in [0.15, 0.2) is 51.8 Å². The van der Waals surface area contributed by atoms with Crippen LogP contribution in [0.2, 0.25) is 0 Å². The smallest absolute Gasteiger partial charge is 0.309 e. The molecule has 0 aromatic heterocycles. The molecule has 0 bridgehead atoms. The number of carboxylic acid groups (broad SMARTS) is 1. The van der Waals surface area contributed by atoms with Crippen LogP contribution in [-0.4, -0.2) is 35.9 Å². The summed E-state index contributed by atoms with van der Waals surface area (Å²) in [5.74, 6) is -1.02. The fraction of sp³-hybridized carbons (Fsp3) is 0.190. The van der Waals surface area contributed by atoms with Crippen molar-refractivity contribution >= 4 is 56.5 Å². The van der Waals surface area contributed by atoms with E-state index in [2.05, 4.69) is 15.9 Å². The van der Waals surface area contributed by atoms with E-state index in [0.717, 1.165) is 16.2 Å². The summed E-state index contributed by atoms with van der Waals surface area (Å²) >= 11 is 4.44. The lowest BCUT2D eigenvalue weighted by Crippen LogP contribution is -2.27. The number of carbonyl (C=O) groups is 2. The lowest BCUT2D eigenvalue weighted by Gasteiger charge is -2.14. The largest absolute Gasteiger partial charge is 0.493 e. The van der Waals surface area contributed by atoms with Gasteiger partial charge in [-0.2, -0.15) is 0 Å². The minimum atomic E-state index is -0.940. The Bertz CT molecular complexity index is 1020. The third-order valence-electron chi connectivity index (χ3n) is 4.30. The Kier molecular flexibility index (Phi) is 6.84. The Labute approximate surface area is 186 Å². The van der Waals surface area contributed by atoms with Gasteiger partial charge >= 0.3 is 5.97 Å². The average molecular weight is 491 g/mol. The van der Waals surface area contributed by atoms with Gasteiger partial charge in [0.2, 0.25) is 0 Å². The molecule has 1 aliphatic heterocycles. The average Bonchev–Trinajstić information content (AvgIpc) is 3.00. The van der Waals surface area contributed by atoms with E-state index in [1.807, 2.05) is 12.1 Å². The van der Waals surface area contributed by atoms with Gasteiger partial charge in [-0.25, -0.2) is 0 Å². The number of hydrogen-bond donors (Lipinski definition) is 2. The molecule has 2 aromatic rings. The molecule has 2 aromatic carbocycles. The molecule has 7 nitrogen and oxygen atoms in total. The van der Waals surface area contributed by atoms with Gasteiger partial charge in [-0.05, 0) is 66.7 Å². The highest BCUT2D eigenvalue weighted by Crippen LogP contribution is 2.37. The number of hydrogen-bond acceptors (Lipinski definition) is 6. The van der Waals surface area contributed by atoms with Gasteiger partial charge in [0.25, 0.3) is 5.91 Å². The first-order valence-electron chi connectivity index (χ1n) is 8.92. The number of amides is 1. The van der Waals surface area contributed by atoms with E-state index in [0.29, 0.717) is 27.7 Å². The first-order valence-corrected chi connectivity index (χ1v) is 10.5. The number of aliphatic carboxylic acids is 1. The van der Waals surface area contributed by atoms with Crippen LogP contribution in [-0.2, 0) is 9.59 Å². The first-order chi connectivity index (χ1) is 14.3. The van der Waals surface area contributed by atoms with E-state index < -0.39 is 11.9 Å². The zero-order chi connectivity index (χ0) is 21.8. The summed E-state index contributed by atoms with van der Waals surface area (Å²) in [6, 6.07) is 12.3. The number of thioether (sulfide) groups is 1. The number of nitrogens with one attached hydrogen (secondary N) is 1. The van der Waals surface area contributed by atoms with Crippen LogP contribution in [0.3, 0.4) is 0 Å². The van der Waals surface area contributed by atoms with E-state index in [1.165, 1.54) is 12.0 Å². The van der Waals surface area contributed by atoms with Gasteiger partial charge in [-0.3, -0.25) is 19.9 Å². The molecule has 30 heavy (non-hydrogen) atoms. The second-order valence-electron chi connectivity index (χ2n) is 6.49. The summed E-state index contributed by atoms with van der Waals surface area (Å²) in [5.41, 5.74) is 1.32. The normalized spacial score (nSPS) is 16.1. The maximum Gasteiger partial charge on any atom is 0.309 e. The Morgan fingerprint density at radius 2 is 1.97 bits per heavy atom. The predicted molar refractivity (Wildman–Crippen MR) is 120 cm³/mol. The van der Waals surface area contributed by atoms with Crippen molar-refractivity contribution in [2.45, 2.75) is 6.92 Å². The molecular formula is C21H19BrN2O5S. The molecule has 1 aliphatic rings. The number of carbonyl (C=O) groups excluding carboxylic acids is 1. The molecule has 1 heterocycles. The SMILES string of the molecule is COc1cc(/C=C2\SC(=N)N(c3ccc(Br)cc3)C2=O)ccc1OC[C@H](C)C(=O)O.